The fraction of sp³-hybridized carbons (Fsp3) is 0.800. The van der Waals surface area contributed by atoms with E-state index < -0.39 is 5.91 Å². The van der Waals surface area contributed by atoms with E-state index in [1.807, 2.05) is 13.8 Å². The highest BCUT2D eigenvalue weighted by atomic mass is 16.2. The number of primary amides is 1. The summed E-state index contributed by atoms with van der Waals surface area (Å²) in [5, 5.41) is 0. The van der Waals surface area contributed by atoms with E-state index in [0.717, 1.165) is 12.8 Å². The molecule has 0 bridgehead atoms. The predicted molar refractivity (Wildman–Crippen MR) is 59.4 cm³/mol. The monoisotopic (exact) mass is 215 g/mol. The molecular weight excluding hydrogens is 194 g/mol. The van der Waals surface area contributed by atoms with Gasteiger partial charge in [0, 0.05) is 20.1 Å². The van der Waals surface area contributed by atoms with Gasteiger partial charge in [0.2, 0.25) is 5.91 Å². The minimum absolute atomic E-state index is 0.00315. The van der Waals surface area contributed by atoms with Crippen molar-refractivity contribution in [2.24, 2.45) is 5.73 Å². The van der Waals surface area contributed by atoms with E-state index >= 15 is 0 Å². The first-order valence-electron chi connectivity index (χ1n) is 5.31. The number of nitrogens with zero attached hydrogens (tertiary/aromatic N) is 2. The minimum Gasteiger partial charge on any atom is -0.368 e. The molecule has 88 valence electrons. The van der Waals surface area contributed by atoms with Gasteiger partial charge in [0.15, 0.2) is 0 Å². The van der Waals surface area contributed by atoms with E-state index in [9.17, 15) is 9.59 Å². The number of hydrogen-bond donors (Lipinski definition) is 1. The summed E-state index contributed by atoms with van der Waals surface area (Å²) in [6.45, 7) is 5.14. The molecular formula is C10H21N3O2. The Morgan fingerprint density at radius 2 is 1.87 bits per heavy atom. The van der Waals surface area contributed by atoms with E-state index in [1.165, 1.54) is 4.90 Å². The van der Waals surface area contributed by atoms with Gasteiger partial charge < -0.3 is 15.5 Å². The van der Waals surface area contributed by atoms with E-state index in [-0.39, 0.29) is 12.6 Å². The maximum absolute atomic E-state index is 11.8. The number of nitrogens with two attached hydrogens (primary N) is 1. The van der Waals surface area contributed by atoms with Crippen LogP contribution in [-0.2, 0) is 4.79 Å². The van der Waals surface area contributed by atoms with Crippen LogP contribution < -0.4 is 5.73 Å². The summed E-state index contributed by atoms with van der Waals surface area (Å²) in [7, 11) is 1.71. The lowest BCUT2D eigenvalue weighted by atomic mass is 10.3. The second-order valence-electron chi connectivity index (χ2n) is 3.54. The molecule has 0 saturated carbocycles. The Kier molecular flexibility index (Phi) is 6.49. The molecule has 0 aliphatic carbocycles. The number of hydrogen-bond acceptors (Lipinski definition) is 2. The van der Waals surface area contributed by atoms with Crippen LogP contribution in [0.3, 0.4) is 0 Å². The summed E-state index contributed by atoms with van der Waals surface area (Å²) < 4.78 is 0. The Morgan fingerprint density at radius 1 is 1.27 bits per heavy atom. The average Bonchev–Trinajstić information content (AvgIpc) is 2.21. The van der Waals surface area contributed by atoms with Crippen LogP contribution >= 0.6 is 0 Å². The molecule has 0 rings (SSSR count). The first kappa shape index (κ1) is 13.7. The van der Waals surface area contributed by atoms with Crippen molar-refractivity contribution >= 4 is 11.9 Å². The van der Waals surface area contributed by atoms with Gasteiger partial charge in [0.1, 0.15) is 6.54 Å². The Bertz CT molecular complexity index is 219. The Morgan fingerprint density at radius 3 is 2.27 bits per heavy atom. The van der Waals surface area contributed by atoms with E-state index in [2.05, 4.69) is 0 Å². The molecule has 0 aromatic carbocycles. The van der Waals surface area contributed by atoms with Gasteiger partial charge >= 0.3 is 6.03 Å². The van der Waals surface area contributed by atoms with Gasteiger partial charge in [-0.2, -0.15) is 0 Å². The highest BCUT2D eigenvalue weighted by Crippen LogP contribution is 2.00. The topological polar surface area (TPSA) is 66.6 Å². The van der Waals surface area contributed by atoms with Gasteiger partial charge in [0.25, 0.3) is 0 Å². The fourth-order valence-electron chi connectivity index (χ4n) is 1.16. The second-order valence-corrected chi connectivity index (χ2v) is 3.54. The van der Waals surface area contributed by atoms with Gasteiger partial charge in [-0.25, -0.2) is 4.79 Å². The van der Waals surface area contributed by atoms with Crippen LogP contribution in [0.5, 0.6) is 0 Å². The summed E-state index contributed by atoms with van der Waals surface area (Å²) in [5.41, 5.74) is 5.09. The maximum Gasteiger partial charge on any atom is 0.320 e. The van der Waals surface area contributed by atoms with Crippen molar-refractivity contribution in [3.8, 4) is 0 Å². The van der Waals surface area contributed by atoms with Crippen LogP contribution in [-0.4, -0.2) is 48.4 Å². The lowest BCUT2D eigenvalue weighted by molar-refractivity contribution is -0.118. The summed E-state index contributed by atoms with van der Waals surface area (Å²) >= 11 is 0. The minimum atomic E-state index is -0.469. The highest BCUT2D eigenvalue weighted by Gasteiger charge is 2.17. The van der Waals surface area contributed by atoms with Crippen LogP contribution in [0, 0.1) is 0 Å². The normalized spacial score (nSPS) is 9.80. The molecule has 0 fully saturated rings. The number of rotatable bonds is 6. The van der Waals surface area contributed by atoms with Crippen molar-refractivity contribution in [3.63, 3.8) is 0 Å². The molecule has 0 aliphatic rings. The average molecular weight is 215 g/mol. The standard InChI is InChI=1S/C10H21N3O2/c1-4-6-7-13(8-9(11)14)10(15)12(3)5-2/h4-8H2,1-3H3,(H2,11,14). The molecule has 0 heterocycles. The van der Waals surface area contributed by atoms with Crippen LogP contribution in [0.2, 0.25) is 0 Å². The molecule has 0 aromatic rings. The van der Waals surface area contributed by atoms with Gasteiger partial charge in [-0.05, 0) is 13.3 Å². The van der Waals surface area contributed by atoms with Crippen LogP contribution in [0.1, 0.15) is 26.7 Å². The third kappa shape index (κ3) is 5.24. The molecule has 0 saturated heterocycles. The predicted octanol–water partition coefficient (Wildman–Crippen LogP) is 0.645. The molecule has 3 amide bonds. The van der Waals surface area contributed by atoms with Gasteiger partial charge in [0.05, 0.1) is 0 Å². The van der Waals surface area contributed by atoms with E-state index in [4.69, 9.17) is 5.73 Å². The summed E-state index contributed by atoms with van der Waals surface area (Å²) in [6, 6.07) is -0.134. The second kappa shape index (κ2) is 7.09. The third-order valence-electron chi connectivity index (χ3n) is 2.20. The quantitative estimate of drug-likeness (QED) is 0.706. The van der Waals surface area contributed by atoms with Crippen LogP contribution in [0.4, 0.5) is 4.79 Å². The molecule has 0 aliphatic heterocycles. The SMILES string of the molecule is CCCCN(CC(N)=O)C(=O)N(C)CC. The van der Waals surface area contributed by atoms with Crippen molar-refractivity contribution in [3.05, 3.63) is 0 Å². The molecule has 5 nitrogen and oxygen atoms in total. The van der Waals surface area contributed by atoms with Crippen LogP contribution in [0.15, 0.2) is 0 Å². The summed E-state index contributed by atoms with van der Waals surface area (Å²) in [4.78, 5) is 25.6. The van der Waals surface area contributed by atoms with Gasteiger partial charge in [-0.1, -0.05) is 13.3 Å². The summed E-state index contributed by atoms with van der Waals surface area (Å²) in [6.07, 6.45) is 1.87. The molecule has 15 heavy (non-hydrogen) atoms. The van der Waals surface area contributed by atoms with Crippen molar-refractivity contribution in [1.29, 1.82) is 0 Å². The van der Waals surface area contributed by atoms with E-state index in [0.29, 0.717) is 13.1 Å². The van der Waals surface area contributed by atoms with E-state index in [1.54, 1.807) is 11.9 Å². The zero-order valence-electron chi connectivity index (χ0n) is 9.82. The lowest BCUT2D eigenvalue weighted by Gasteiger charge is -2.26. The van der Waals surface area contributed by atoms with Gasteiger partial charge in [-0.15, -0.1) is 0 Å². The molecule has 0 radical (unpaired) electrons. The van der Waals surface area contributed by atoms with Crippen LogP contribution in [0.25, 0.3) is 0 Å². The van der Waals surface area contributed by atoms with Crippen molar-refractivity contribution in [2.45, 2.75) is 26.7 Å². The molecule has 2 N–H and O–H groups in total. The number of unbranched alkanes of at least 4 members (excludes halogenated alkanes) is 1. The molecule has 5 heteroatoms. The van der Waals surface area contributed by atoms with Crippen molar-refractivity contribution in [1.82, 2.24) is 9.80 Å². The summed E-state index contributed by atoms with van der Waals surface area (Å²) in [5.74, 6) is -0.469. The largest absolute Gasteiger partial charge is 0.368 e. The zero-order valence-corrected chi connectivity index (χ0v) is 9.82. The maximum atomic E-state index is 11.8. The lowest BCUT2D eigenvalue weighted by Crippen LogP contribution is -2.45. The first-order valence-corrected chi connectivity index (χ1v) is 5.31. The Labute approximate surface area is 91.2 Å². The van der Waals surface area contributed by atoms with Crippen molar-refractivity contribution < 1.29 is 9.59 Å². The number of urea groups is 1. The first-order chi connectivity index (χ1) is 7.02. The third-order valence-corrected chi connectivity index (χ3v) is 2.20. The highest BCUT2D eigenvalue weighted by molar-refractivity contribution is 5.82. The Balaban J connectivity index is 4.32. The number of carbonyl (C=O) groups excluding carboxylic acids is 2. The fourth-order valence-corrected chi connectivity index (χ4v) is 1.16. The number of carbonyl (C=O) groups is 2. The number of amides is 3. The van der Waals surface area contributed by atoms with Gasteiger partial charge in [-0.3, -0.25) is 4.79 Å². The zero-order chi connectivity index (χ0) is 11.8. The van der Waals surface area contributed by atoms with Crippen molar-refractivity contribution in [2.75, 3.05) is 26.7 Å². The molecule has 0 spiro atoms. The smallest absolute Gasteiger partial charge is 0.320 e. The molecule has 0 aromatic heterocycles. The Hall–Kier alpha value is -1.26. The molecule has 0 unspecified atom stereocenters. The molecule has 0 atom stereocenters.